The molecule has 0 saturated heterocycles. The van der Waals surface area contributed by atoms with Crippen LogP contribution < -0.4 is 5.73 Å². The van der Waals surface area contributed by atoms with Crippen LogP contribution in [0.15, 0.2) is 16.6 Å². The van der Waals surface area contributed by atoms with Crippen LogP contribution in [0.5, 0.6) is 0 Å². The minimum Gasteiger partial charge on any atom is -0.481 e. The molecule has 0 aliphatic heterocycles. The lowest BCUT2D eigenvalue weighted by molar-refractivity contribution is -0.136. The van der Waals surface area contributed by atoms with Crippen LogP contribution in [0.4, 0.5) is 0 Å². The number of aliphatic carboxylic acids is 1. The summed E-state index contributed by atoms with van der Waals surface area (Å²) >= 11 is 9.10. The molecule has 14 heavy (non-hydrogen) atoms. The molecule has 1 aromatic carbocycles. The maximum Gasteiger partial charge on any atom is 0.307 e. The number of carboxylic acids is 1. The van der Waals surface area contributed by atoms with Crippen LogP contribution in [-0.4, -0.2) is 11.1 Å². The highest BCUT2D eigenvalue weighted by Crippen LogP contribution is 2.26. The van der Waals surface area contributed by atoms with Gasteiger partial charge in [0.1, 0.15) is 0 Å². The number of rotatable bonds is 3. The first-order chi connectivity index (χ1) is 6.54. The number of halogens is 2. The predicted octanol–water partition coefficient (Wildman–Crippen LogP) is 2.19. The third kappa shape index (κ3) is 2.70. The van der Waals surface area contributed by atoms with E-state index in [0.29, 0.717) is 17.1 Å². The molecule has 3 N–H and O–H groups in total. The molecule has 0 spiro atoms. The van der Waals surface area contributed by atoms with E-state index in [1.54, 1.807) is 12.1 Å². The molecule has 0 aliphatic rings. The van der Waals surface area contributed by atoms with E-state index in [2.05, 4.69) is 15.9 Å². The quantitative estimate of drug-likeness (QED) is 0.891. The SMILES string of the molecule is NCc1cc(Br)c(Cl)cc1CC(=O)O. The average Bonchev–Trinajstić information content (AvgIpc) is 2.10. The predicted molar refractivity (Wildman–Crippen MR) is 58.4 cm³/mol. The first-order valence-corrected chi connectivity index (χ1v) is 5.10. The largest absolute Gasteiger partial charge is 0.481 e. The normalized spacial score (nSPS) is 10.2. The fourth-order valence-electron chi connectivity index (χ4n) is 1.15. The Bertz CT molecular complexity index is 368. The molecule has 1 rings (SSSR count). The van der Waals surface area contributed by atoms with E-state index in [9.17, 15) is 4.79 Å². The highest BCUT2D eigenvalue weighted by molar-refractivity contribution is 9.10. The molecule has 0 aromatic heterocycles. The van der Waals surface area contributed by atoms with Crippen LogP contribution >= 0.6 is 27.5 Å². The van der Waals surface area contributed by atoms with Gasteiger partial charge < -0.3 is 10.8 Å². The van der Waals surface area contributed by atoms with Gasteiger partial charge in [0.15, 0.2) is 0 Å². The fourth-order valence-corrected chi connectivity index (χ4v) is 1.72. The van der Waals surface area contributed by atoms with Gasteiger partial charge >= 0.3 is 5.97 Å². The molecule has 0 aliphatic carbocycles. The van der Waals surface area contributed by atoms with Crippen molar-refractivity contribution in [3.05, 3.63) is 32.8 Å². The lowest BCUT2D eigenvalue weighted by atomic mass is 10.0. The van der Waals surface area contributed by atoms with Gasteiger partial charge in [-0.3, -0.25) is 4.79 Å². The summed E-state index contributed by atoms with van der Waals surface area (Å²) in [5, 5.41) is 9.15. The highest BCUT2D eigenvalue weighted by atomic mass is 79.9. The molecular weight excluding hydrogens is 269 g/mol. The molecule has 0 fully saturated rings. The van der Waals surface area contributed by atoms with Crippen LogP contribution in [0.3, 0.4) is 0 Å². The fraction of sp³-hybridized carbons (Fsp3) is 0.222. The Balaban J connectivity index is 3.13. The van der Waals surface area contributed by atoms with Crippen molar-refractivity contribution in [2.24, 2.45) is 5.73 Å². The molecule has 0 atom stereocenters. The summed E-state index contributed by atoms with van der Waals surface area (Å²) < 4.78 is 0.730. The molecule has 3 nitrogen and oxygen atoms in total. The van der Waals surface area contributed by atoms with Crippen LogP contribution in [0.1, 0.15) is 11.1 Å². The van der Waals surface area contributed by atoms with E-state index in [1.165, 1.54) is 0 Å². The van der Waals surface area contributed by atoms with Crippen molar-refractivity contribution in [3.8, 4) is 0 Å². The summed E-state index contributed by atoms with van der Waals surface area (Å²) in [5.74, 6) is -0.891. The smallest absolute Gasteiger partial charge is 0.307 e. The standard InChI is InChI=1S/C9H9BrClNO2/c10-7-1-6(4-12)5(2-8(7)11)3-9(13)14/h1-2H,3-4,12H2,(H,13,14). The van der Waals surface area contributed by atoms with Crippen molar-refractivity contribution in [1.82, 2.24) is 0 Å². The van der Waals surface area contributed by atoms with Gasteiger partial charge in [-0.25, -0.2) is 0 Å². The summed E-state index contributed by atoms with van der Waals surface area (Å²) in [6.07, 6.45) is -0.0560. The molecule has 0 radical (unpaired) electrons. The molecule has 76 valence electrons. The lowest BCUT2D eigenvalue weighted by Crippen LogP contribution is -2.07. The Hall–Kier alpha value is -0.580. The molecule has 0 heterocycles. The van der Waals surface area contributed by atoms with Gasteiger partial charge in [0.2, 0.25) is 0 Å². The van der Waals surface area contributed by atoms with Gasteiger partial charge in [-0.05, 0) is 39.2 Å². The zero-order valence-corrected chi connectivity index (χ0v) is 9.60. The van der Waals surface area contributed by atoms with Gasteiger partial charge in [0, 0.05) is 11.0 Å². The molecule has 0 bridgehead atoms. The molecule has 5 heteroatoms. The Morgan fingerprint density at radius 1 is 1.50 bits per heavy atom. The van der Waals surface area contributed by atoms with E-state index in [1.807, 2.05) is 0 Å². The first-order valence-electron chi connectivity index (χ1n) is 3.93. The van der Waals surface area contributed by atoms with E-state index >= 15 is 0 Å². The summed E-state index contributed by atoms with van der Waals surface area (Å²) in [4.78, 5) is 10.5. The second kappa shape index (κ2) is 4.77. The van der Waals surface area contributed by atoms with Crippen molar-refractivity contribution < 1.29 is 9.90 Å². The molecular formula is C9H9BrClNO2. The Labute approximate surface area is 95.0 Å². The second-order valence-electron chi connectivity index (χ2n) is 2.81. The minimum atomic E-state index is -0.891. The number of carboxylic acid groups (broad SMARTS) is 1. The molecule has 0 unspecified atom stereocenters. The second-order valence-corrected chi connectivity index (χ2v) is 4.07. The zero-order chi connectivity index (χ0) is 10.7. The van der Waals surface area contributed by atoms with Crippen molar-refractivity contribution in [2.45, 2.75) is 13.0 Å². The number of hydrogen-bond acceptors (Lipinski definition) is 2. The van der Waals surface area contributed by atoms with E-state index < -0.39 is 5.97 Å². The number of nitrogens with two attached hydrogens (primary N) is 1. The monoisotopic (exact) mass is 277 g/mol. The van der Waals surface area contributed by atoms with E-state index in [4.69, 9.17) is 22.4 Å². The summed E-state index contributed by atoms with van der Waals surface area (Å²) in [6.45, 7) is 0.304. The Morgan fingerprint density at radius 3 is 2.64 bits per heavy atom. The van der Waals surface area contributed by atoms with Gasteiger partial charge in [-0.1, -0.05) is 11.6 Å². The van der Waals surface area contributed by atoms with E-state index in [-0.39, 0.29) is 6.42 Å². The topological polar surface area (TPSA) is 63.3 Å². The highest BCUT2D eigenvalue weighted by Gasteiger charge is 2.09. The summed E-state index contributed by atoms with van der Waals surface area (Å²) in [5.41, 5.74) is 6.94. The van der Waals surface area contributed by atoms with Crippen LogP contribution in [0, 0.1) is 0 Å². The van der Waals surface area contributed by atoms with E-state index in [0.717, 1.165) is 10.0 Å². The van der Waals surface area contributed by atoms with Crippen LogP contribution in [0.2, 0.25) is 5.02 Å². The first kappa shape index (κ1) is 11.5. The maximum absolute atomic E-state index is 10.5. The van der Waals surface area contributed by atoms with Gasteiger partial charge in [0.25, 0.3) is 0 Å². The van der Waals surface area contributed by atoms with Crippen molar-refractivity contribution in [1.29, 1.82) is 0 Å². The molecule has 0 saturated carbocycles. The maximum atomic E-state index is 10.5. The van der Waals surface area contributed by atoms with Crippen molar-refractivity contribution >= 4 is 33.5 Å². The Morgan fingerprint density at radius 2 is 2.14 bits per heavy atom. The van der Waals surface area contributed by atoms with Crippen molar-refractivity contribution in [3.63, 3.8) is 0 Å². The van der Waals surface area contributed by atoms with Crippen molar-refractivity contribution in [2.75, 3.05) is 0 Å². The number of carbonyl (C=O) groups is 1. The summed E-state index contributed by atoms with van der Waals surface area (Å²) in [6, 6.07) is 3.38. The van der Waals surface area contributed by atoms with Crippen LogP contribution in [-0.2, 0) is 17.8 Å². The third-order valence-electron chi connectivity index (χ3n) is 1.80. The number of hydrogen-bond donors (Lipinski definition) is 2. The van der Waals surface area contributed by atoms with Gasteiger partial charge in [0.05, 0.1) is 11.4 Å². The van der Waals surface area contributed by atoms with Gasteiger partial charge in [-0.15, -0.1) is 0 Å². The lowest BCUT2D eigenvalue weighted by Gasteiger charge is -2.07. The molecule has 0 amide bonds. The summed E-state index contributed by atoms with van der Waals surface area (Å²) in [7, 11) is 0. The van der Waals surface area contributed by atoms with Crippen LogP contribution in [0.25, 0.3) is 0 Å². The Kier molecular flexibility index (Phi) is 3.92. The third-order valence-corrected chi connectivity index (χ3v) is 3.00. The zero-order valence-electron chi connectivity index (χ0n) is 7.26. The molecule has 1 aromatic rings. The minimum absolute atomic E-state index is 0.0560. The number of benzene rings is 1. The van der Waals surface area contributed by atoms with Gasteiger partial charge in [-0.2, -0.15) is 0 Å². The average molecular weight is 279 g/mol.